The highest BCUT2D eigenvalue weighted by Crippen LogP contribution is 2.45. The lowest BCUT2D eigenvalue weighted by Gasteiger charge is -2.33. The fraction of sp³-hybridized carbons (Fsp3) is 0.200. The van der Waals surface area contributed by atoms with Crippen molar-refractivity contribution in [2.24, 2.45) is 5.73 Å². The van der Waals surface area contributed by atoms with Crippen LogP contribution in [0.15, 0.2) is 67.4 Å². The molecule has 7 nitrogen and oxygen atoms in total. The monoisotopic (exact) mass is 424 g/mol. The maximum Gasteiger partial charge on any atom is 0.124 e. The summed E-state index contributed by atoms with van der Waals surface area (Å²) in [4.78, 5) is 18.0. The van der Waals surface area contributed by atoms with Crippen molar-refractivity contribution in [3.63, 3.8) is 0 Å². The Hall–Kier alpha value is -3.68. The van der Waals surface area contributed by atoms with E-state index in [1.165, 1.54) is 0 Å². The minimum atomic E-state index is -0.775. The standard InChI is InChI=1S/C25H24N6O/c1-15-11-19(12-16(2)22(15)32-3)25(23-21(24(26)31-25)29-9-10-30-23)18-6-4-5-17(13-18)20-14-27-7-8-28-20/h4-14,24,31H,26H2,1-3H3/t24?,25-/m0/s1. The molecular formula is C25H24N6O. The first kappa shape index (κ1) is 20.2. The number of rotatable bonds is 4. The van der Waals surface area contributed by atoms with Crippen LogP contribution in [0.3, 0.4) is 0 Å². The van der Waals surface area contributed by atoms with Gasteiger partial charge in [0.2, 0.25) is 0 Å². The predicted octanol–water partition coefficient (Wildman–Crippen LogP) is 3.41. The van der Waals surface area contributed by atoms with E-state index in [1.54, 1.807) is 38.1 Å². The fourth-order valence-electron chi connectivity index (χ4n) is 4.69. The zero-order chi connectivity index (χ0) is 22.3. The van der Waals surface area contributed by atoms with Crippen LogP contribution < -0.4 is 15.8 Å². The predicted molar refractivity (Wildman–Crippen MR) is 122 cm³/mol. The summed E-state index contributed by atoms with van der Waals surface area (Å²) in [6.45, 7) is 4.09. The Morgan fingerprint density at radius 2 is 1.69 bits per heavy atom. The molecule has 2 atom stereocenters. The van der Waals surface area contributed by atoms with Crippen molar-refractivity contribution in [1.82, 2.24) is 25.3 Å². The van der Waals surface area contributed by atoms with Gasteiger partial charge in [-0.3, -0.25) is 25.3 Å². The van der Waals surface area contributed by atoms with Crippen molar-refractivity contribution < 1.29 is 4.74 Å². The molecule has 0 spiro atoms. The van der Waals surface area contributed by atoms with Gasteiger partial charge < -0.3 is 10.5 Å². The second-order valence-electron chi connectivity index (χ2n) is 7.98. The summed E-state index contributed by atoms with van der Waals surface area (Å²) < 4.78 is 5.61. The smallest absolute Gasteiger partial charge is 0.124 e. The molecule has 3 N–H and O–H groups in total. The Bertz CT molecular complexity index is 1270. The SMILES string of the molecule is COc1c(C)cc([C@]2(c3cccc(-c4cnccn4)c3)NC(N)c3nccnc32)cc1C. The highest BCUT2D eigenvalue weighted by atomic mass is 16.5. The molecule has 0 saturated carbocycles. The van der Waals surface area contributed by atoms with E-state index in [1.807, 2.05) is 26.0 Å². The summed E-state index contributed by atoms with van der Waals surface area (Å²) in [6.07, 6.45) is 8.05. The first-order valence-electron chi connectivity index (χ1n) is 10.4. The first-order valence-corrected chi connectivity index (χ1v) is 10.4. The van der Waals surface area contributed by atoms with Gasteiger partial charge in [0.15, 0.2) is 0 Å². The van der Waals surface area contributed by atoms with E-state index in [4.69, 9.17) is 15.5 Å². The van der Waals surface area contributed by atoms with Crippen molar-refractivity contribution in [3.8, 4) is 17.0 Å². The maximum atomic E-state index is 6.52. The van der Waals surface area contributed by atoms with Crippen LogP contribution in [0.2, 0.25) is 0 Å². The van der Waals surface area contributed by atoms with Gasteiger partial charge in [0, 0.05) is 30.4 Å². The Morgan fingerprint density at radius 1 is 0.938 bits per heavy atom. The van der Waals surface area contributed by atoms with Gasteiger partial charge in [-0.05, 0) is 54.3 Å². The van der Waals surface area contributed by atoms with Gasteiger partial charge in [0.25, 0.3) is 0 Å². The van der Waals surface area contributed by atoms with Gasteiger partial charge in [-0.25, -0.2) is 0 Å². The molecule has 1 aliphatic heterocycles. The lowest BCUT2D eigenvalue weighted by molar-refractivity contribution is 0.406. The van der Waals surface area contributed by atoms with Crippen LogP contribution in [0.5, 0.6) is 5.75 Å². The van der Waals surface area contributed by atoms with Gasteiger partial charge in [0.05, 0.1) is 30.4 Å². The summed E-state index contributed by atoms with van der Waals surface area (Å²) in [5.41, 5.74) is 13.2. The number of nitrogens with one attached hydrogen (secondary N) is 1. The Morgan fingerprint density at radius 3 is 2.41 bits per heavy atom. The zero-order valence-corrected chi connectivity index (χ0v) is 18.2. The van der Waals surface area contributed by atoms with E-state index in [2.05, 4.69) is 44.5 Å². The van der Waals surface area contributed by atoms with Gasteiger partial charge in [-0.2, -0.15) is 0 Å². The third-order valence-electron chi connectivity index (χ3n) is 6.00. The molecule has 0 radical (unpaired) electrons. The van der Waals surface area contributed by atoms with Crippen LogP contribution in [-0.4, -0.2) is 27.0 Å². The van der Waals surface area contributed by atoms with E-state index in [0.717, 1.165) is 50.6 Å². The Labute approximate surface area is 186 Å². The summed E-state index contributed by atoms with van der Waals surface area (Å²) >= 11 is 0. The number of nitrogens with two attached hydrogens (primary N) is 1. The molecule has 3 heterocycles. The molecule has 0 fully saturated rings. The Balaban J connectivity index is 1.79. The van der Waals surface area contributed by atoms with Crippen LogP contribution in [0.4, 0.5) is 0 Å². The number of hydrogen-bond donors (Lipinski definition) is 2. The molecule has 2 aromatic carbocycles. The van der Waals surface area contributed by atoms with Crippen molar-refractivity contribution in [2.45, 2.75) is 25.6 Å². The number of ether oxygens (including phenoxy) is 1. The quantitative estimate of drug-likeness (QED) is 0.518. The number of benzene rings is 2. The molecule has 1 aliphatic rings. The van der Waals surface area contributed by atoms with Crippen molar-refractivity contribution in [3.05, 3.63) is 101 Å². The molecule has 7 heteroatoms. The van der Waals surface area contributed by atoms with E-state index < -0.39 is 11.7 Å². The van der Waals surface area contributed by atoms with E-state index >= 15 is 0 Å². The molecule has 0 amide bonds. The molecule has 0 saturated heterocycles. The molecule has 1 unspecified atom stereocenters. The number of aryl methyl sites for hydroxylation is 2. The lowest BCUT2D eigenvalue weighted by Crippen LogP contribution is -2.43. The Kier molecular flexibility index (Phi) is 4.92. The van der Waals surface area contributed by atoms with E-state index in [-0.39, 0.29) is 0 Å². The summed E-state index contributed by atoms with van der Waals surface area (Å²) in [6, 6.07) is 12.5. The third kappa shape index (κ3) is 3.05. The van der Waals surface area contributed by atoms with E-state index in [0.29, 0.717) is 0 Å². The fourth-order valence-corrected chi connectivity index (χ4v) is 4.69. The molecule has 0 bridgehead atoms. The number of aromatic nitrogens is 4. The normalized spacial score (nSPS) is 19.6. The van der Waals surface area contributed by atoms with Crippen LogP contribution in [0.25, 0.3) is 11.3 Å². The number of hydrogen-bond acceptors (Lipinski definition) is 7. The average Bonchev–Trinajstić information content (AvgIpc) is 3.13. The summed E-state index contributed by atoms with van der Waals surface area (Å²) in [5.74, 6) is 0.874. The average molecular weight is 425 g/mol. The largest absolute Gasteiger partial charge is 0.496 e. The second-order valence-corrected chi connectivity index (χ2v) is 7.98. The van der Waals surface area contributed by atoms with Gasteiger partial charge in [-0.1, -0.05) is 18.2 Å². The highest BCUT2D eigenvalue weighted by molar-refractivity contribution is 5.63. The highest BCUT2D eigenvalue weighted by Gasteiger charge is 2.47. The van der Waals surface area contributed by atoms with Crippen LogP contribution in [-0.2, 0) is 5.54 Å². The second kappa shape index (κ2) is 7.78. The minimum absolute atomic E-state index is 0.457. The van der Waals surface area contributed by atoms with Crippen molar-refractivity contribution >= 4 is 0 Å². The van der Waals surface area contributed by atoms with E-state index in [9.17, 15) is 0 Å². The van der Waals surface area contributed by atoms with Gasteiger partial charge in [0.1, 0.15) is 17.5 Å². The minimum Gasteiger partial charge on any atom is -0.496 e. The molecule has 0 aliphatic carbocycles. The zero-order valence-electron chi connectivity index (χ0n) is 18.2. The molecule has 160 valence electrons. The maximum absolute atomic E-state index is 6.52. The lowest BCUT2D eigenvalue weighted by atomic mass is 9.79. The molecular weight excluding hydrogens is 400 g/mol. The molecule has 5 rings (SSSR count). The third-order valence-corrected chi connectivity index (χ3v) is 6.00. The summed E-state index contributed by atoms with van der Waals surface area (Å²) in [5, 5.41) is 3.61. The summed E-state index contributed by atoms with van der Waals surface area (Å²) in [7, 11) is 1.69. The van der Waals surface area contributed by atoms with Crippen LogP contribution in [0.1, 0.15) is 39.8 Å². The van der Waals surface area contributed by atoms with Crippen molar-refractivity contribution in [1.29, 1.82) is 0 Å². The first-order chi connectivity index (χ1) is 15.5. The van der Waals surface area contributed by atoms with Crippen LogP contribution in [0, 0.1) is 13.8 Å². The topological polar surface area (TPSA) is 98.8 Å². The van der Waals surface area contributed by atoms with Crippen molar-refractivity contribution in [2.75, 3.05) is 7.11 Å². The van der Waals surface area contributed by atoms with Gasteiger partial charge >= 0.3 is 0 Å². The molecule has 4 aromatic rings. The van der Waals surface area contributed by atoms with Crippen LogP contribution >= 0.6 is 0 Å². The molecule has 32 heavy (non-hydrogen) atoms. The number of methoxy groups -OCH3 is 1. The van der Waals surface area contributed by atoms with Gasteiger partial charge in [-0.15, -0.1) is 0 Å². The number of nitrogens with zero attached hydrogens (tertiary/aromatic N) is 4. The number of fused-ring (bicyclic) bond motifs is 1. The molecule has 2 aromatic heterocycles.